The molecule has 1 heterocycles. The van der Waals surface area contributed by atoms with E-state index in [9.17, 15) is 0 Å². The number of hydrogen-bond donors (Lipinski definition) is 0. The molecule has 2 rings (SSSR count). The molecule has 0 amide bonds. The minimum Gasteiger partial charge on any atom is -0.148 e. The van der Waals surface area contributed by atoms with Crippen molar-refractivity contribution in [2.75, 3.05) is 0 Å². The van der Waals surface area contributed by atoms with Gasteiger partial charge in [-0.3, -0.25) is 0 Å². The fourth-order valence-electron chi connectivity index (χ4n) is 1.78. The van der Waals surface area contributed by atoms with Crippen LogP contribution in [0.25, 0.3) is 11.1 Å². The van der Waals surface area contributed by atoms with Gasteiger partial charge in [0.1, 0.15) is 0 Å². The maximum absolute atomic E-state index is 2.32. The lowest BCUT2D eigenvalue weighted by Crippen LogP contribution is -2.07. The van der Waals surface area contributed by atoms with E-state index in [1.807, 2.05) is 11.3 Å². The van der Waals surface area contributed by atoms with Crippen LogP contribution >= 0.6 is 11.3 Å². The Morgan fingerprint density at radius 1 is 1.00 bits per heavy atom. The molecule has 0 unspecified atom stereocenters. The third kappa shape index (κ3) is 2.96. The third-order valence-electron chi connectivity index (χ3n) is 2.47. The smallest absolute Gasteiger partial charge is 0.00568 e. The first-order chi connectivity index (χ1) is 7.54. The first-order valence-electron chi connectivity index (χ1n) is 5.67. The highest BCUT2D eigenvalue weighted by atomic mass is 32.1. The SMILES string of the molecule is CC(C)(C)Cc1cc(-c2ccccc2)cs1. The second-order valence-electron chi connectivity index (χ2n) is 5.41. The standard InChI is InChI=1S/C15H18S/c1-15(2,3)10-14-9-13(11-16-14)12-7-5-4-6-8-12/h4-9,11H,10H2,1-3H3. The normalized spacial score (nSPS) is 11.7. The lowest BCUT2D eigenvalue weighted by atomic mass is 9.91. The van der Waals surface area contributed by atoms with Gasteiger partial charge in [0.2, 0.25) is 0 Å². The highest BCUT2D eigenvalue weighted by Gasteiger charge is 2.13. The zero-order valence-corrected chi connectivity index (χ0v) is 11.0. The van der Waals surface area contributed by atoms with Crippen molar-refractivity contribution in [3.63, 3.8) is 0 Å². The summed E-state index contributed by atoms with van der Waals surface area (Å²) in [5.41, 5.74) is 3.04. The zero-order valence-electron chi connectivity index (χ0n) is 10.2. The maximum atomic E-state index is 2.32. The molecular weight excluding hydrogens is 212 g/mol. The average molecular weight is 230 g/mol. The van der Waals surface area contributed by atoms with Gasteiger partial charge in [0, 0.05) is 4.88 Å². The predicted octanol–water partition coefficient (Wildman–Crippen LogP) is 5.00. The van der Waals surface area contributed by atoms with Crippen LogP contribution in [0.2, 0.25) is 0 Å². The molecule has 16 heavy (non-hydrogen) atoms. The molecule has 1 heteroatoms. The quantitative estimate of drug-likeness (QED) is 0.680. The molecule has 0 saturated heterocycles. The van der Waals surface area contributed by atoms with E-state index in [0.29, 0.717) is 5.41 Å². The number of rotatable bonds is 2. The van der Waals surface area contributed by atoms with Gasteiger partial charge in [-0.2, -0.15) is 0 Å². The molecule has 0 aliphatic heterocycles. The van der Waals surface area contributed by atoms with Gasteiger partial charge >= 0.3 is 0 Å². The summed E-state index contributed by atoms with van der Waals surface area (Å²) in [5.74, 6) is 0. The lowest BCUT2D eigenvalue weighted by Gasteiger charge is -2.16. The molecule has 0 aliphatic carbocycles. The van der Waals surface area contributed by atoms with Crippen LogP contribution in [0.4, 0.5) is 0 Å². The summed E-state index contributed by atoms with van der Waals surface area (Å²) >= 11 is 1.87. The summed E-state index contributed by atoms with van der Waals surface area (Å²) in [6, 6.07) is 12.9. The van der Waals surface area contributed by atoms with E-state index in [2.05, 4.69) is 62.5 Å². The molecule has 0 bridgehead atoms. The summed E-state index contributed by atoms with van der Waals surface area (Å²) in [5, 5.41) is 2.26. The fourth-order valence-corrected chi connectivity index (χ4v) is 2.97. The Hall–Kier alpha value is -1.08. The van der Waals surface area contributed by atoms with Crippen molar-refractivity contribution < 1.29 is 0 Å². The Morgan fingerprint density at radius 3 is 2.31 bits per heavy atom. The van der Waals surface area contributed by atoms with Crippen molar-refractivity contribution in [1.29, 1.82) is 0 Å². The van der Waals surface area contributed by atoms with E-state index >= 15 is 0 Å². The first-order valence-corrected chi connectivity index (χ1v) is 6.55. The maximum Gasteiger partial charge on any atom is 0.00568 e. The van der Waals surface area contributed by atoms with Crippen molar-refractivity contribution in [1.82, 2.24) is 0 Å². The summed E-state index contributed by atoms with van der Waals surface area (Å²) in [6.45, 7) is 6.86. The van der Waals surface area contributed by atoms with Gasteiger partial charge in [0.15, 0.2) is 0 Å². The molecule has 0 fully saturated rings. The van der Waals surface area contributed by atoms with Gasteiger partial charge in [0.25, 0.3) is 0 Å². The Balaban J connectivity index is 2.21. The summed E-state index contributed by atoms with van der Waals surface area (Å²) in [4.78, 5) is 1.48. The Morgan fingerprint density at radius 2 is 1.69 bits per heavy atom. The molecule has 0 nitrogen and oxygen atoms in total. The molecule has 84 valence electrons. The molecule has 0 saturated carbocycles. The molecule has 0 radical (unpaired) electrons. The highest BCUT2D eigenvalue weighted by Crippen LogP contribution is 2.29. The van der Waals surface area contributed by atoms with Gasteiger partial charge in [-0.15, -0.1) is 11.3 Å². The van der Waals surface area contributed by atoms with Crippen molar-refractivity contribution in [3.05, 3.63) is 46.7 Å². The molecule has 0 atom stereocenters. The van der Waals surface area contributed by atoms with Crippen LogP contribution in [0.1, 0.15) is 25.6 Å². The van der Waals surface area contributed by atoms with Crippen LogP contribution in [0, 0.1) is 5.41 Å². The van der Waals surface area contributed by atoms with Crippen LogP contribution in [0.3, 0.4) is 0 Å². The van der Waals surface area contributed by atoms with Gasteiger partial charge in [-0.25, -0.2) is 0 Å². The largest absolute Gasteiger partial charge is 0.148 e. The highest BCUT2D eigenvalue weighted by molar-refractivity contribution is 7.10. The topological polar surface area (TPSA) is 0 Å². The summed E-state index contributed by atoms with van der Waals surface area (Å²) in [6.07, 6.45) is 1.16. The Labute approximate surface area is 102 Å². The second-order valence-corrected chi connectivity index (χ2v) is 6.40. The van der Waals surface area contributed by atoms with E-state index in [1.165, 1.54) is 16.0 Å². The summed E-state index contributed by atoms with van der Waals surface area (Å²) < 4.78 is 0. The van der Waals surface area contributed by atoms with Crippen LogP contribution in [0.15, 0.2) is 41.8 Å². The molecule has 1 aromatic heterocycles. The van der Waals surface area contributed by atoms with E-state index in [0.717, 1.165) is 6.42 Å². The predicted molar refractivity (Wildman–Crippen MR) is 72.9 cm³/mol. The van der Waals surface area contributed by atoms with Crippen LogP contribution in [-0.2, 0) is 6.42 Å². The lowest BCUT2D eigenvalue weighted by molar-refractivity contribution is 0.414. The van der Waals surface area contributed by atoms with Gasteiger partial charge < -0.3 is 0 Å². The van der Waals surface area contributed by atoms with Crippen molar-refractivity contribution in [3.8, 4) is 11.1 Å². The molecule has 2 aromatic rings. The van der Waals surface area contributed by atoms with E-state index in [4.69, 9.17) is 0 Å². The fraction of sp³-hybridized carbons (Fsp3) is 0.333. The van der Waals surface area contributed by atoms with Crippen LogP contribution in [-0.4, -0.2) is 0 Å². The van der Waals surface area contributed by atoms with Gasteiger partial charge in [-0.05, 0) is 34.4 Å². The summed E-state index contributed by atoms with van der Waals surface area (Å²) in [7, 11) is 0. The molecule has 1 aromatic carbocycles. The first kappa shape index (κ1) is 11.4. The molecule has 0 aliphatic rings. The third-order valence-corrected chi connectivity index (χ3v) is 3.40. The minimum atomic E-state index is 0.374. The number of hydrogen-bond acceptors (Lipinski definition) is 1. The van der Waals surface area contributed by atoms with Crippen molar-refractivity contribution in [2.45, 2.75) is 27.2 Å². The van der Waals surface area contributed by atoms with Crippen molar-refractivity contribution >= 4 is 11.3 Å². The van der Waals surface area contributed by atoms with Crippen LogP contribution < -0.4 is 0 Å². The minimum absolute atomic E-state index is 0.374. The van der Waals surface area contributed by atoms with Gasteiger partial charge in [0.05, 0.1) is 0 Å². The molecule has 0 spiro atoms. The second kappa shape index (κ2) is 4.42. The monoisotopic (exact) mass is 230 g/mol. The average Bonchev–Trinajstić information content (AvgIpc) is 2.65. The van der Waals surface area contributed by atoms with Crippen LogP contribution in [0.5, 0.6) is 0 Å². The van der Waals surface area contributed by atoms with Gasteiger partial charge in [-0.1, -0.05) is 51.1 Å². The Kier molecular flexibility index (Phi) is 3.15. The zero-order chi connectivity index (χ0) is 11.6. The van der Waals surface area contributed by atoms with E-state index in [1.54, 1.807) is 0 Å². The Bertz CT molecular complexity index is 446. The molecule has 0 N–H and O–H groups in total. The van der Waals surface area contributed by atoms with Crippen molar-refractivity contribution in [2.24, 2.45) is 5.41 Å². The van der Waals surface area contributed by atoms with E-state index in [-0.39, 0.29) is 0 Å². The van der Waals surface area contributed by atoms with E-state index < -0.39 is 0 Å². The number of thiophene rings is 1. The number of benzene rings is 1. The molecular formula is C15H18S.